The molecule has 2 N–H and O–H groups in total. The van der Waals surface area contributed by atoms with Gasteiger partial charge in [-0.25, -0.2) is 4.98 Å². The zero-order valence-electron chi connectivity index (χ0n) is 13.4. The molecule has 2 amide bonds. The summed E-state index contributed by atoms with van der Waals surface area (Å²) >= 11 is 0. The number of hydrogen-bond donors (Lipinski definition) is 2. The van der Waals surface area contributed by atoms with Crippen molar-refractivity contribution >= 4 is 23.2 Å². The molecule has 2 heterocycles. The van der Waals surface area contributed by atoms with Crippen LogP contribution in [0, 0.1) is 6.92 Å². The average Bonchev–Trinajstić information content (AvgIpc) is 2.63. The Labute approximate surface area is 144 Å². The number of pyridine rings is 1. The van der Waals surface area contributed by atoms with Crippen molar-refractivity contribution in [2.24, 2.45) is 0 Å². The Morgan fingerprint density at radius 2 is 1.56 bits per heavy atom. The maximum absolute atomic E-state index is 12.2. The molecule has 2 aromatic heterocycles. The first-order chi connectivity index (χ1) is 12.1. The van der Waals surface area contributed by atoms with Crippen molar-refractivity contribution in [2.75, 3.05) is 10.6 Å². The fraction of sp³-hybridized carbons (Fsp3) is 0.0556. The number of nitrogens with zero attached hydrogens (tertiary/aromatic N) is 3. The number of nitrogens with one attached hydrogen (secondary N) is 2. The van der Waals surface area contributed by atoms with Crippen molar-refractivity contribution in [2.45, 2.75) is 6.92 Å². The SMILES string of the molecule is Cc1cnc(C(=O)Nc2cccc(NC(=O)c3ccncc3)c2)cn1. The predicted octanol–water partition coefficient (Wildman–Crippen LogP) is 2.68. The van der Waals surface area contributed by atoms with Gasteiger partial charge < -0.3 is 10.6 Å². The standard InChI is InChI=1S/C18H15N5O2/c1-12-10-21-16(11-20-12)18(25)23-15-4-2-3-14(9-15)22-17(24)13-5-7-19-8-6-13/h2-11H,1H3,(H,22,24)(H,23,25). The molecule has 0 atom stereocenters. The Hall–Kier alpha value is -3.61. The maximum atomic E-state index is 12.2. The lowest BCUT2D eigenvalue weighted by Crippen LogP contribution is -2.15. The predicted molar refractivity (Wildman–Crippen MR) is 93.4 cm³/mol. The smallest absolute Gasteiger partial charge is 0.275 e. The Balaban J connectivity index is 1.70. The van der Waals surface area contributed by atoms with Crippen LogP contribution in [-0.4, -0.2) is 26.8 Å². The van der Waals surface area contributed by atoms with E-state index in [4.69, 9.17) is 0 Å². The molecule has 0 saturated heterocycles. The summed E-state index contributed by atoms with van der Waals surface area (Å²) in [5, 5.41) is 5.50. The van der Waals surface area contributed by atoms with Crippen LogP contribution in [0.1, 0.15) is 26.5 Å². The minimum absolute atomic E-state index is 0.219. The van der Waals surface area contributed by atoms with Gasteiger partial charge in [-0.05, 0) is 37.3 Å². The summed E-state index contributed by atoms with van der Waals surface area (Å²) in [6.07, 6.45) is 6.04. The molecule has 0 aliphatic heterocycles. The molecule has 0 aliphatic carbocycles. The van der Waals surface area contributed by atoms with E-state index in [9.17, 15) is 9.59 Å². The van der Waals surface area contributed by atoms with E-state index in [0.29, 0.717) is 16.9 Å². The van der Waals surface area contributed by atoms with Gasteiger partial charge in [-0.1, -0.05) is 6.07 Å². The lowest BCUT2D eigenvalue weighted by molar-refractivity contribution is 0.101. The number of benzene rings is 1. The molecule has 3 rings (SSSR count). The Morgan fingerprint density at radius 3 is 2.20 bits per heavy atom. The Morgan fingerprint density at radius 1 is 0.880 bits per heavy atom. The molecule has 7 heteroatoms. The molecule has 1 aromatic carbocycles. The normalized spacial score (nSPS) is 10.1. The van der Waals surface area contributed by atoms with Crippen LogP contribution in [0.25, 0.3) is 0 Å². The molecule has 0 unspecified atom stereocenters. The van der Waals surface area contributed by atoms with Crippen molar-refractivity contribution in [3.05, 3.63) is 78.1 Å². The fourth-order valence-electron chi connectivity index (χ4n) is 2.09. The van der Waals surface area contributed by atoms with Gasteiger partial charge in [0.25, 0.3) is 11.8 Å². The number of carbonyl (C=O) groups is 2. The number of aryl methyl sites for hydroxylation is 1. The molecule has 25 heavy (non-hydrogen) atoms. The molecule has 0 spiro atoms. The van der Waals surface area contributed by atoms with Gasteiger partial charge in [0, 0.05) is 35.5 Å². The van der Waals surface area contributed by atoms with Gasteiger partial charge in [0.15, 0.2) is 0 Å². The van der Waals surface area contributed by atoms with Crippen LogP contribution >= 0.6 is 0 Å². The molecule has 0 radical (unpaired) electrons. The van der Waals surface area contributed by atoms with Crippen LogP contribution in [0.3, 0.4) is 0 Å². The van der Waals surface area contributed by atoms with Crippen LogP contribution in [0.4, 0.5) is 11.4 Å². The summed E-state index contributed by atoms with van der Waals surface area (Å²) in [7, 11) is 0. The highest BCUT2D eigenvalue weighted by Gasteiger charge is 2.09. The Bertz CT molecular complexity index is 895. The summed E-state index contributed by atoms with van der Waals surface area (Å²) in [6, 6.07) is 10.1. The largest absolute Gasteiger partial charge is 0.322 e. The van der Waals surface area contributed by atoms with E-state index in [1.165, 1.54) is 12.4 Å². The van der Waals surface area contributed by atoms with E-state index < -0.39 is 0 Å². The van der Waals surface area contributed by atoms with E-state index in [1.54, 1.807) is 55.7 Å². The highest BCUT2D eigenvalue weighted by molar-refractivity contribution is 6.05. The second-order valence-corrected chi connectivity index (χ2v) is 5.27. The number of hydrogen-bond acceptors (Lipinski definition) is 5. The number of carbonyl (C=O) groups excluding carboxylic acids is 2. The van der Waals surface area contributed by atoms with E-state index in [-0.39, 0.29) is 17.5 Å². The number of rotatable bonds is 4. The van der Waals surface area contributed by atoms with Gasteiger partial charge in [-0.3, -0.25) is 19.6 Å². The van der Waals surface area contributed by atoms with Crippen molar-refractivity contribution in [3.8, 4) is 0 Å². The third kappa shape index (κ3) is 4.23. The minimum Gasteiger partial charge on any atom is -0.322 e. The van der Waals surface area contributed by atoms with Crippen LogP contribution < -0.4 is 10.6 Å². The first-order valence-corrected chi connectivity index (χ1v) is 7.53. The van der Waals surface area contributed by atoms with Gasteiger partial charge in [0.05, 0.1) is 11.9 Å². The van der Waals surface area contributed by atoms with E-state index in [0.717, 1.165) is 5.69 Å². The lowest BCUT2D eigenvalue weighted by atomic mass is 10.2. The van der Waals surface area contributed by atoms with Crippen LogP contribution in [0.15, 0.2) is 61.2 Å². The third-order valence-electron chi connectivity index (χ3n) is 3.33. The maximum Gasteiger partial charge on any atom is 0.275 e. The molecule has 124 valence electrons. The molecule has 0 saturated carbocycles. The molecule has 7 nitrogen and oxygen atoms in total. The molecule has 0 bridgehead atoms. The summed E-state index contributed by atoms with van der Waals surface area (Å²) < 4.78 is 0. The summed E-state index contributed by atoms with van der Waals surface area (Å²) in [5.41, 5.74) is 2.56. The Kier molecular flexibility index (Phi) is 4.75. The van der Waals surface area contributed by atoms with Crippen molar-refractivity contribution in [1.82, 2.24) is 15.0 Å². The van der Waals surface area contributed by atoms with Gasteiger partial charge in [-0.15, -0.1) is 0 Å². The van der Waals surface area contributed by atoms with Gasteiger partial charge in [0.2, 0.25) is 0 Å². The minimum atomic E-state index is -0.370. The quantitative estimate of drug-likeness (QED) is 0.765. The van der Waals surface area contributed by atoms with Crippen LogP contribution in [0.5, 0.6) is 0 Å². The average molecular weight is 333 g/mol. The van der Waals surface area contributed by atoms with Crippen molar-refractivity contribution in [1.29, 1.82) is 0 Å². The number of aromatic nitrogens is 3. The summed E-state index contributed by atoms with van der Waals surface area (Å²) in [4.78, 5) is 36.3. The van der Waals surface area contributed by atoms with Crippen molar-refractivity contribution < 1.29 is 9.59 Å². The van der Waals surface area contributed by atoms with E-state index in [1.807, 2.05) is 0 Å². The zero-order chi connectivity index (χ0) is 17.6. The van der Waals surface area contributed by atoms with Gasteiger partial charge in [-0.2, -0.15) is 0 Å². The second-order valence-electron chi connectivity index (χ2n) is 5.27. The first-order valence-electron chi connectivity index (χ1n) is 7.53. The third-order valence-corrected chi connectivity index (χ3v) is 3.33. The summed E-state index contributed by atoms with van der Waals surface area (Å²) in [5.74, 6) is -0.625. The van der Waals surface area contributed by atoms with Gasteiger partial charge >= 0.3 is 0 Å². The van der Waals surface area contributed by atoms with Crippen LogP contribution in [-0.2, 0) is 0 Å². The monoisotopic (exact) mass is 333 g/mol. The zero-order valence-corrected chi connectivity index (χ0v) is 13.4. The van der Waals surface area contributed by atoms with Crippen molar-refractivity contribution in [3.63, 3.8) is 0 Å². The van der Waals surface area contributed by atoms with Gasteiger partial charge in [0.1, 0.15) is 5.69 Å². The number of anilines is 2. The molecule has 0 aliphatic rings. The highest BCUT2D eigenvalue weighted by Crippen LogP contribution is 2.16. The lowest BCUT2D eigenvalue weighted by Gasteiger charge is -2.08. The molecular weight excluding hydrogens is 318 g/mol. The molecular formula is C18H15N5O2. The first kappa shape index (κ1) is 16.3. The van der Waals surface area contributed by atoms with E-state index in [2.05, 4.69) is 25.6 Å². The molecule has 3 aromatic rings. The van der Waals surface area contributed by atoms with Crippen LogP contribution in [0.2, 0.25) is 0 Å². The second kappa shape index (κ2) is 7.31. The fourth-order valence-corrected chi connectivity index (χ4v) is 2.09. The highest BCUT2D eigenvalue weighted by atomic mass is 16.2. The summed E-state index contributed by atoms with van der Waals surface area (Å²) in [6.45, 7) is 1.80. The van der Waals surface area contributed by atoms with E-state index >= 15 is 0 Å². The topological polar surface area (TPSA) is 96.9 Å². The molecule has 0 fully saturated rings. The number of amides is 2.